The smallest absolute Gasteiger partial charge is 0.249 e. The van der Waals surface area contributed by atoms with E-state index in [2.05, 4.69) is 5.32 Å². The highest BCUT2D eigenvalue weighted by molar-refractivity contribution is 5.94. The molecule has 4 heteroatoms. The highest BCUT2D eigenvalue weighted by Gasteiger charge is 2.19. The Hall–Kier alpha value is -2.62. The van der Waals surface area contributed by atoms with Gasteiger partial charge in [0, 0.05) is 12.5 Å². The van der Waals surface area contributed by atoms with E-state index in [9.17, 15) is 9.59 Å². The Morgan fingerprint density at radius 3 is 2.20 bits per heavy atom. The Bertz CT molecular complexity index is 623. The fraction of sp³-hybridized carbons (Fsp3) is 0.125. The van der Waals surface area contributed by atoms with Gasteiger partial charge in [0.25, 0.3) is 0 Å². The minimum atomic E-state index is -0.508. The lowest BCUT2D eigenvalue weighted by molar-refractivity contribution is -0.119. The summed E-state index contributed by atoms with van der Waals surface area (Å²) in [6.07, 6.45) is 0. The fourth-order valence-corrected chi connectivity index (χ4v) is 2.16. The van der Waals surface area contributed by atoms with Gasteiger partial charge in [0.15, 0.2) is 0 Å². The quantitative estimate of drug-likeness (QED) is 0.890. The van der Waals surface area contributed by atoms with Crippen LogP contribution in [0.5, 0.6) is 0 Å². The van der Waals surface area contributed by atoms with Crippen LogP contribution in [0.25, 0.3) is 0 Å². The molecule has 0 bridgehead atoms. The lowest BCUT2D eigenvalue weighted by atomic mass is 9.94. The van der Waals surface area contributed by atoms with Gasteiger partial charge in [0.2, 0.25) is 11.8 Å². The lowest BCUT2D eigenvalue weighted by Crippen LogP contribution is -2.29. The Labute approximate surface area is 117 Å². The van der Waals surface area contributed by atoms with Gasteiger partial charge in [-0.2, -0.15) is 0 Å². The van der Waals surface area contributed by atoms with Crippen molar-refractivity contribution in [2.24, 2.45) is 5.73 Å². The van der Waals surface area contributed by atoms with Crippen LogP contribution in [0.4, 0.5) is 0 Å². The van der Waals surface area contributed by atoms with Crippen molar-refractivity contribution in [2.75, 3.05) is 0 Å². The molecule has 0 radical (unpaired) electrons. The maximum atomic E-state index is 11.6. The predicted octanol–water partition coefficient (Wildman–Crippen LogP) is 2.01. The monoisotopic (exact) mass is 268 g/mol. The van der Waals surface area contributed by atoms with Crippen molar-refractivity contribution in [3.8, 4) is 0 Å². The van der Waals surface area contributed by atoms with Crippen molar-refractivity contribution in [1.29, 1.82) is 0 Å². The van der Waals surface area contributed by atoms with Gasteiger partial charge >= 0.3 is 0 Å². The third-order valence-corrected chi connectivity index (χ3v) is 3.02. The number of carbonyl (C=O) groups is 2. The number of amides is 2. The molecule has 2 aromatic carbocycles. The molecule has 0 saturated carbocycles. The minimum absolute atomic E-state index is 0.168. The van der Waals surface area contributed by atoms with Crippen molar-refractivity contribution in [1.82, 2.24) is 5.32 Å². The van der Waals surface area contributed by atoms with Crippen molar-refractivity contribution >= 4 is 11.8 Å². The van der Waals surface area contributed by atoms with Crippen LogP contribution in [0.15, 0.2) is 54.6 Å². The molecule has 0 spiro atoms. The number of hydrogen-bond donors (Lipinski definition) is 2. The molecule has 1 unspecified atom stereocenters. The Kier molecular flexibility index (Phi) is 4.15. The van der Waals surface area contributed by atoms with Gasteiger partial charge in [0.1, 0.15) is 0 Å². The van der Waals surface area contributed by atoms with Crippen molar-refractivity contribution in [3.05, 3.63) is 71.3 Å². The van der Waals surface area contributed by atoms with Crippen LogP contribution < -0.4 is 11.1 Å². The van der Waals surface area contributed by atoms with Crippen molar-refractivity contribution in [2.45, 2.75) is 13.0 Å². The molecule has 1 atom stereocenters. The zero-order valence-corrected chi connectivity index (χ0v) is 11.2. The van der Waals surface area contributed by atoms with E-state index < -0.39 is 11.9 Å². The molecule has 4 nitrogen and oxygen atoms in total. The Balaban J connectivity index is 2.52. The summed E-state index contributed by atoms with van der Waals surface area (Å²) in [6, 6.07) is 16.1. The van der Waals surface area contributed by atoms with Crippen LogP contribution in [-0.2, 0) is 4.79 Å². The highest BCUT2D eigenvalue weighted by Crippen LogP contribution is 2.24. The van der Waals surface area contributed by atoms with Crippen molar-refractivity contribution in [3.63, 3.8) is 0 Å². The standard InChI is InChI=1S/C16H16N2O2/c1-11(19)18-15(12-7-3-2-4-8-12)13-9-5-6-10-14(13)16(17)20/h2-10,15H,1H3,(H2,17,20)(H,18,19). The summed E-state index contributed by atoms with van der Waals surface area (Å²) >= 11 is 0. The van der Waals surface area contributed by atoms with Crippen LogP contribution in [0.2, 0.25) is 0 Å². The summed E-state index contributed by atoms with van der Waals surface area (Å²) in [5.74, 6) is -0.676. The minimum Gasteiger partial charge on any atom is -0.366 e. The SMILES string of the molecule is CC(=O)NC(c1ccccc1)c1ccccc1C(N)=O. The number of nitrogens with one attached hydrogen (secondary N) is 1. The fourth-order valence-electron chi connectivity index (χ4n) is 2.16. The summed E-state index contributed by atoms with van der Waals surface area (Å²) in [7, 11) is 0. The number of primary amides is 1. The maximum absolute atomic E-state index is 11.6. The zero-order chi connectivity index (χ0) is 14.5. The van der Waals surface area contributed by atoms with Gasteiger partial charge in [-0.05, 0) is 17.2 Å². The number of carbonyl (C=O) groups excluding carboxylic acids is 2. The highest BCUT2D eigenvalue weighted by atomic mass is 16.1. The molecule has 0 aliphatic rings. The first-order valence-electron chi connectivity index (χ1n) is 6.30. The van der Waals surface area contributed by atoms with E-state index in [1.807, 2.05) is 36.4 Å². The van der Waals surface area contributed by atoms with Gasteiger partial charge in [-0.1, -0.05) is 48.5 Å². The van der Waals surface area contributed by atoms with Crippen LogP contribution in [0, 0.1) is 0 Å². The average molecular weight is 268 g/mol. The molecule has 2 aromatic rings. The molecule has 0 heterocycles. The first-order chi connectivity index (χ1) is 9.59. The molecule has 0 aromatic heterocycles. The molecule has 0 fully saturated rings. The third kappa shape index (κ3) is 3.03. The molecule has 2 amide bonds. The van der Waals surface area contributed by atoms with E-state index in [0.29, 0.717) is 11.1 Å². The second kappa shape index (κ2) is 6.02. The van der Waals surface area contributed by atoms with E-state index in [0.717, 1.165) is 5.56 Å². The summed E-state index contributed by atoms with van der Waals surface area (Å²) in [4.78, 5) is 23.0. The molecule has 0 saturated heterocycles. The summed E-state index contributed by atoms with van der Waals surface area (Å²) in [5, 5.41) is 2.86. The summed E-state index contributed by atoms with van der Waals surface area (Å²) < 4.78 is 0. The summed E-state index contributed by atoms with van der Waals surface area (Å²) in [6.45, 7) is 1.45. The molecule has 102 valence electrons. The van der Waals surface area contributed by atoms with Gasteiger partial charge in [-0.3, -0.25) is 9.59 Å². The Morgan fingerprint density at radius 1 is 1.00 bits per heavy atom. The van der Waals surface area contributed by atoms with Gasteiger partial charge < -0.3 is 11.1 Å². The van der Waals surface area contributed by atoms with E-state index in [-0.39, 0.29) is 5.91 Å². The Morgan fingerprint density at radius 2 is 1.60 bits per heavy atom. The molecular weight excluding hydrogens is 252 g/mol. The van der Waals surface area contributed by atoms with Crippen LogP contribution in [-0.4, -0.2) is 11.8 Å². The molecule has 20 heavy (non-hydrogen) atoms. The number of benzene rings is 2. The van der Waals surface area contributed by atoms with E-state index in [4.69, 9.17) is 5.73 Å². The number of hydrogen-bond acceptors (Lipinski definition) is 2. The number of rotatable bonds is 4. The van der Waals surface area contributed by atoms with Crippen molar-refractivity contribution < 1.29 is 9.59 Å². The van der Waals surface area contributed by atoms with Gasteiger partial charge in [-0.25, -0.2) is 0 Å². The second-order valence-corrected chi connectivity index (χ2v) is 4.50. The van der Waals surface area contributed by atoms with Gasteiger partial charge in [-0.15, -0.1) is 0 Å². The first kappa shape index (κ1) is 13.8. The van der Waals surface area contributed by atoms with Crippen LogP contribution >= 0.6 is 0 Å². The molecule has 3 N–H and O–H groups in total. The van der Waals surface area contributed by atoms with E-state index >= 15 is 0 Å². The number of nitrogens with two attached hydrogens (primary N) is 1. The maximum Gasteiger partial charge on any atom is 0.249 e. The van der Waals surface area contributed by atoms with Crippen LogP contribution in [0.1, 0.15) is 34.5 Å². The largest absolute Gasteiger partial charge is 0.366 e. The average Bonchev–Trinajstić information content (AvgIpc) is 2.45. The van der Waals surface area contributed by atoms with Gasteiger partial charge in [0.05, 0.1) is 6.04 Å². The molecule has 2 rings (SSSR count). The molecular formula is C16H16N2O2. The predicted molar refractivity (Wildman–Crippen MR) is 77.1 cm³/mol. The zero-order valence-electron chi connectivity index (χ0n) is 11.2. The lowest BCUT2D eigenvalue weighted by Gasteiger charge is -2.21. The third-order valence-electron chi connectivity index (χ3n) is 3.02. The normalized spacial score (nSPS) is 11.7. The second-order valence-electron chi connectivity index (χ2n) is 4.50. The van der Waals surface area contributed by atoms with Crippen LogP contribution in [0.3, 0.4) is 0 Å². The topological polar surface area (TPSA) is 72.2 Å². The van der Waals surface area contributed by atoms with E-state index in [1.165, 1.54) is 6.92 Å². The molecule has 0 aliphatic carbocycles. The van der Waals surface area contributed by atoms with E-state index in [1.54, 1.807) is 18.2 Å². The first-order valence-corrected chi connectivity index (χ1v) is 6.30. The molecule has 0 aliphatic heterocycles. The summed E-state index contributed by atoms with van der Waals surface area (Å²) in [5.41, 5.74) is 7.42.